The molecule has 0 amide bonds. The largest absolute Gasteiger partial charge is 0.103 e. The fourth-order valence-electron chi connectivity index (χ4n) is 0.221. The highest BCUT2D eigenvalue weighted by Crippen LogP contribution is 1.85. The molecule has 0 fully saturated rings. The minimum atomic E-state index is 0.951. The maximum atomic E-state index is 3.56. The summed E-state index contributed by atoms with van der Waals surface area (Å²) in [5.41, 5.74) is 0. The Labute approximate surface area is 58.1 Å². The molecule has 0 aromatic heterocycles. The molecular formula is C6H7I. The zero-order chi connectivity index (χ0) is 5.54. The van der Waals surface area contributed by atoms with Crippen molar-refractivity contribution in [2.24, 2.45) is 0 Å². The molecule has 1 heteroatoms. The van der Waals surface area contributed by atoms with Gasteiger partial charge in [0, 0.05) is 29.0 Å². The average molecular weight is 206 g/mol. The van der Waals surface area contributed by atoms with Crippen LogP contribution in [0, 0.1) is 9.85 Å². The number of allylic oxidation sites excluding steroid dienone is 1. The molecule has 0 aromatic rings. The van der Waals surface area contributed by atoms with E-state index in [1.807, 2.05) is 28.7 Å². The van der Waals surface area contributed by atoms with Gasteiger partial charge < -0.3 is 0 Å². The van der Waals surface area contributed by atoms with Gasteiger partial charge in [-0.2, -0.15) is 0 Å². The lowest BCUT2D eigenvalue weighted by Crippen LogP contribution is -1.58. The lowest BCUT2D eigenvalue weighted by atomic mass is 10.3. The van der Waals surface area contributed by atoms with E-state index in [2.05, 4.69) is 16.4 Å². The maximum absolute atomic E-state index is 3.56. The van der Waals surface area contributed by atoms with Crippen LogP contribution in [0.5, 0.6) is 0 Å². The predicted molar refractivity (Wildman–Crippen MR) is 41.2 cm³/mol. The van der Waals surface area contributed by atoms with Crippen LogP contribution in [0.15, 0.2) is 12.7 Å². The Morgan fingerprint density at radius 3 is 2.86 bits per heavy atom. The summed E-state index contributed by atoms with van der Waals surface area (Å²) in [6, 6.07) is 0. The molecule has 7 heavy (non-hydrogen) atoms. The first kappa shape index (κ1) is 7.03. The summed E-state index contributed by atoms with van der Waals surface area (Å²) in [5.74, 6) is 2.91. The third kappa shape index (κ3) is 6.03. The lowest BCUT2D eigenvalue weighted by Gasteiger charge is -1.74. The standard InChI is InChI=1S/C6H7I/c1-2-3-4-5-6-7/h2H,1,3-4H2. The molecule has 0 aliphatic heterocycles. The lowest BCUT2D eigenvalue weighted by molar-refractivity contribution is 1.09. The fraction of sp³-hybridized carbons (Fsp3) is 0.333. The average Bonchev–Trinajstić information content (AvgIpc) is 1.69. The Morgan fingerprint density at radius 2 is 2.43 bits per heavy atom. The quantitative estimate of drug-likeness (QED) is 0.281. The molecule has 38 valence electrons. The molecule has 0 saturated carbocycles. The van der Waals surface area contributed by atoms with Crippen LogP contribution in [0.25, 0.3) is 0 Å². The van der Waals surface area contributed by atoms with Gasteiger partial charge in [0.1, 0.15) is 0 Å². The van der Waals surface area contributed by atoms with Gasteiger partial charge in [0.2, 0.25) is 0 Å². The van der Waals surface area contributed by atoms with Crippen LogP contribution in [-0.4, -0.2) is 0 Å². The highest BCUT2D eigenvalue weighted by molar-refractivity contribution is 14.1. The molecule has 0 rings (SSSR count). The van der Waals surface area contributed by atoms with Gasteiger partial charge in [0.25, 0.3) is 0 Å². The van der Waals surface area contributed by atoms with Gasteiger partial charge in [0.15, 0.2) is 0 Å². The summed E-state index contributed by atoms with van der Waals surface area (Å²) in [4.78, 5) is 0. The van der Waals surface area contributed by atoms with E-state index in [4.69, 9.17) is 0 Å². The van der Waals surface area contributed by atoms with Crippen LogP contribution in [0.3, 0.4) is 0 Å². The Bertz CT molecular complexity index is 94.5. The van der Waals surface area contributed by atoms with Gasteiger partial charge in [-0.3, -0.25) is 0 Å². The van der Waals surface area contributed by atoms with E-state index in [1.165, 1.54) is 0 Å². The Morgan fingerprint density at radius 1 is 1.71 bits per heavy atom. The molecule has 0 aliphatic rings. The molecule has 0 heterocycles. The van der Waals surface area contributed by atoms with Crippen molar-refractivity contribution in [3.63, 3.8) is 0 Å². The van der Waals surface area contributed by atoms with E-state index < -0.39 is 0 Å². The van der Waals surface area contributed by atoms with E-state index in [9.17, 15) is 0 Å². The van der Waals surface area contributed by atoms with Crippen molar-refractivity contribution >= 4 is 22.6 Å². The van der Waals surface area contributed by atoms with Crippen LogP contribution < -0.4 is 0 Å². The second kappa shape index (κ2) is 6.03. The SMILES string of the molecule is C=CCCC#CI. The maximum Gasteiger partial charge on any atom is 0.0181 e. The van der Waals surface area contributed by atoms with Crippen LogP contribution in [0.4, 0.5) is 0 Å². The number of rotatable bonds is 2. The van der Waals surface area contributed by atoms with Crippen molar-refractivity contribution in [2.75, 3.05) is 0 Å². The van der Waals surface area contributed by atoms with E-state index in [1.54, 1.807) is 0 Å². The summed E-state index contributed by atoms with van der Waals surface area (Å²) in [6.07, 6.45) is 3.84. The van der Waals surface area contributed by atoms with Gasteiger partial charge in [-0.15, -0.1) is 6.58 Å². The molecule has 0 atom stereocenters. The number of unbranched alkanes of at least 4 members (excludes halogenated alkanes) is 1. The number of halogens is 1. The molecule has 0 saturated heterocycles. The monoisotopic (exact) mass is 206 g/mol. The van der Waals surface area contributed by atoms with Gasteiger partial charge in [-0.05, 0) is 10.3 Å². The third-order valence-electron chi connectivity index (χ3n) is 0.540. The van der Waals surface area contributed by atoms with Crippen LogP contribution in [0.2, 0.25) is 0 Å². The van der Waals surface area contributed by atoms with E-state index in [0.29, 0.717) is 0 Å². The van der Waals surface area contributed by atoms with Crippen molar-refractivity contribution in [3.8, 4) is 9.85 Å². The molecule has 0 spiro atoms. The summed E-state index contributed by atoms with van der Waals surface area (Å²) in [5, 5.41) is 0. The topological polar surface area (TPSA) is 0 Å². The number of hydrogen-bond donors (Lipinski definition) is 0. The predicted octanol–water partition coefficient (Wildman–Crippen LogP) is 2.35. The van der Waals surface area contributed by atoms with Crippen molar-refractivity contribution < 1.29 is 0 Å². The van der Waals surface area contributed by atoms with Gasteiger partial charge in [-0.1, -0.05) is 12.0 Å². The smallest absolute Gasteiger partial charge is 0.0181 e. The summed E-state index contributed by atoms with van der Waals surface area (Å²) in [6.45, 7) is 3.56. The minimum Gasteiger partial charge on any atom is -0.103 e. The molecule has 0 aromatic carbocycles. The zero-order valence-electron chi connectivity index (χ0n) is 4.08. The van der Waals surface area contributed by atoms with E-state index >= 15 is 0 Å². The highest BCUT2D eigenvalue weighted by Gasteiger charge is 1.68. The Hall–Kier alpha value is 0.0300. The first-order chi connectivity index (χ1) is 3.41. The van der Waals surface area contributed by atoms with Crippen LogP contribution in [-0.2, 0) is 0 Å². The fourth-order valence-corrected chi connectivity index (χ4v) is 0.491. The molecular weight excluding hydrogens is 199 g/mol. The first-order valence-electron chi connectivity index (χ1n) is 2.11. The Kier molecular flexibility index (Phi) is 6.06. The van der Waals surface area contributed by atoms with E-state index in [0.717, 1.165) is 12.8 Å². The van der Waals surface area contributed by atoms with Crippen molar-refractivity contribution in [2.45, 2.75) is 12.8 Å². The van der Waals surface area contributed by atoms with Crippen LogP contribution >= 0.6 is 22.6 Å². The van der Waals surface area contributed by atoms with Gasteiger partial charge in [0.05, 0.1) is 0 Å². The zero-order valence-corrected chi connectivity index (χ0v) is 6.23. The minimum absolute atomic E-state index is 0.951. The third-order valence-corrected chi connectivity index (χ3v) is 0.922. The molecule has 0 nitrogen and oxygen atoms in total. The molecule has 0 aliphatic carbocycles. The summed E-state index contributed by atoms with van der Waals surface area (Å²) >= 11 is 2.03. The van der Waals surface area contributed by atoms with Gasteiger partial charge in [-0.25, -0.2) is 0 Å². The summed E-state index contributed by atoms with van der Waals surface area (Å²) < 4.78 is 2.77. The van der Waals surface area contributed by atoms with E-state index in [-0.39, 0.29) is 0 Å². The molecule has 0 unspecified atom stereocenters. The van der Waals surface area contributed by atoms with Crippen molar-refractivity contribution in [1.82, 2.24) is 0 Å². The molecule has 0 bridgehead atoms. The number of hydrogen-bond acceptors (Lipinski definition) is 0. The van der Waals surface area contributed by atoms with Crippen molar-refractivity contribution in [1.29, 1.82) is 0 Å². The van der Waals surface area contributed by atoms with Gasteiger partial charge >= 0.3 is 0 Å². The van der Waals surface area contributed by atoms with Crippen molar-refractivity contribution in [3.05, 3.63) is 12.7 Å². The summed E-state index contributed by atoms with van der Waals surface area (Å²) in [7, 11) is 0. The highest BCUT2D eigenvalue weighted by atomic mass is 127. The molecule has 0 N–H and O–H groups in total. The second-order valence-electron chi connectivity index (χ2n) is 1.10. The Balaban J connectivity index is 2.92. The molecule has 0 radical (unpaired) electrons. The first-order valence-corrected chi connectivity index (χ1v) is 3.19. The second-order valence-corrected chi connectivity index (χ2v) is 1.64. The van der Waals surface area contributed by atoms with Crippen LogP contribution in [0.1, 0.15) is 12.8 Å². The normalized spacial score (nSPS) is 6.43.